The lowest BCUT2D eigenvalue weighted by molar-refractivity contribution is -0.122. The normalized spacial score (nSPS) is 18.3. The number of rotatable bonds is 8. The van der Waals surface area contributed by atoms with Crippen molar-refractivity contribution in [2.75, 3.05) is 11.4 Å². The van der Waals surface area contributed by atoms with Crippen LogP contribution in [0.4, 0.5) is 5.69 Å². The van der Waals surface area contributed by atoms with Crippen molar-refractivity contribution in [3.05, 3.63) is 77.7 Å². The van der Waals surface area contributed by atoms with Crippen molar-refractivity contribution in [2.45, 2.75) is 48.8 Å². The van der Waals surface area contributed by atoms with Crippen LogP contribution in [0.1, 0.15) is 38.5 Å². The van der Waals surface area contributed by atoms with E-state index in [2.05, 4.69) is 11.1 Å². The predicted octanol–water partition coefficient (Wildman–Crippen LogP) is 5.77. The molecular weight excluding hydrogens is 534 g/mol. The minimum Gasteiger partial charge on any atom is -0.436 e. The second-order valence-corrected chi connectivity index (χ2v) is 12.8. The number of thiophene rings is 1. The summed E-state index contributed by atoms with van der Waals surface area (Å²) in [4.78, 5) is 32.4. The van der Waals surface area contributed by atoms with Gasteiger partial charge in [-0.15, -0.1) is 11.3 Å². The highest BCUT2D eigenvalue weighted by atomic mass is 32.2. The molecule has 0 spiro atoms. The van der Waals surface area contributed by atoms with Gasteiger partial charge in [-0.3, -0.25) is 9.59 Å². The lowest BCUT2D eigenvalue weighted by Crippen LogP contribution is -2.45. The van der Waals surface area contributed by atoms with Crippen LogP contribution in [-0.4, -0.2) is 42.1 Å². The third kappa shape index (κ3) is 4.95. The second kappa shape index (κ2) is 10.5. The van der Waals surface area contributed by atoms with Gasteiger partial charge in [-0.05, 0) is 79.9 Å². The number of aromatic nitrogens is 1. The second-order valence-electron chi connectivity index (χ2n) is 9.73. The number of oxazole rings is 1. The molecule has 4 aromatic rings. The molecule has 1 fully saturated rings. The minimum atomic E-state index is -3.96. The van der Waals surface area contributed by atoms with E-state index in [4.69, 9.17) is 4.42 Å². The average molecular weight is 562 g/mol. The zero-order chi connectivity index (χ0) is 27.0. The van der Waals surface area contributed by atoms with Crippen molar-refractivity contribution in [3.63, 3.8) is 0 Å². The molecule has 1 saturated heterocycles. The van der Waals surface area contributed by atoms with Gasteiger partial charge in [0.05, 0.1) is 12.1 Å². The van der Waals surface area contributed by atoms with Gasteiger partial charge >= 0.3 is 0 Å². The SMILES string of the molecule is O=C1CC(N(CCC2=CCCCC2)S(=O)(=O)c2cccs2)C(=O)N1c1ccc(-c2nc3ccccc3o2)cc1. The van der Waals surface area contributed by atoms with E-state index < -0.39 is 27.9 Å². The maximum absolute atomic E-state index is 13.7. The Morgan fingerprint density at radius 3 is 2.56 bits per heavy atom. The first-order valence-electron chi connectivity index (χ1n) is 13.0. The Kier molecular flexibility index (Phi) is 6.92. The number of carbonyl (C=O) groups is 2. The van der Waals surface area contributed by atoms with Crippen LogP contribution in [0.2, 0.25) is 0 Å². The van der Waals surface area contributed by atoms with Gasteiger partial charge in [0.2, 0.25) is 11.8 Å². The summed E-state index contributed by atoms with van der Waals surface area (Å²) in [6.07, 6.45) is 6.65. The van der Waals surface area contributed by atoms with Gasteiger partial charge in [0.1, 0.15) is 15.8 Å². The van der Waals surface area contributed by atoms with E-state index in [1.54, 1.807) is 35.7 Å². The van der Waals surface area contributed by atoms with Crippen molar-refractivity contribution < 1.29 is 22.4 Å². The number of fused-ring (bicyclic) bond motifs is 1. The molecule has 10 heteroatoms. The van der Waals surface area contributed by atoms with Crippen LogP contribution >= 0.6 is 11.3 Å². The molecule has 0 radical (unpaired) electrons. The fourth-order valence-corrected chi connectivity index (χ4v) is 7.92. The predicted molar refractivity (Wildman–Crippen MR) is 150 cm³/mol. The van der Waals surface area contributed by atoms with Crippen LogP contribution in [0.3, 0.4) is 0 Å². The van der Waals surface area contributed by atoms with Crippen LogP contribution in [0.5, 0.6) is 0 Å². The van der Waals surface area contributed by atoms with Crippen molar-refractivity contribution in [1.29, 1.82) is 0 Å². The summed E-state index contributed by atoms with van der Waals surface area (Å²) in [7, 11) is -3.96. The summed E-state index contributed by atoms with van der Waals surface area (Å²) in [5, 5.41) is 1.70. The van der Waals surface area contributed by atoms with Crippen molar-refractivity contribution in [3.8, 4) is 11.5 Å². The van der Waals surface area contributed by atoms with Gasteiger partial charge in [0.25, 0.3) is 15.9 Å². The largest absolute Gasteiger partial charge is 0.436 e. The van der Waals surface area contributed by atoms with Crippen LogP contribution in [0.25, 0.3) is 22.6 Å². The van der Waals surface area contributed by atoms with Gasteiger partial charge in [-0.1, -0.05) is 29.8 Å². The van der Waals surface area contributed by atoms with E-state index in [0.29, 0.717) is 29.1 Å². The van der Waals surface area contributed by atoms with Crippen molar-refractivity contribution in [1.82, 2.24) is 9.29 Å². The van der Waals surface area contributed by atoms with Gasteiger partial charge in [-0.25, -0.2) is 18.3 Å². The number of anilines is 1. The Balaban J connectivity index is 1.27. The van der Waals surface area contributed by atoms with E-state index in [-0.39, 0.29) is 17.2 Å². The highest BCUT2D eigenvalue weighted by Crippen LogP contribution is 2.33. The number of hydrogen-bond acceptors (Lipinski definition) is 7. The zero-order valence-electron chi connectivity index (χ0n) is 21.2. The lowest BCUT2D eigenvalue weighted by atomic mass is 9.97. The molecule has 6 rings (SSSR count). The molecule has 2 aromatic carbocycles. The highest BCUT2D eigenvalue weighted by Gasteiger charge is 2.47. The Morgan fingerprint density at radius 1 is 1.03 bits per heavy atom. The Hall–Kier alpha value is -3.60. The number of nitrogens with zero attached hydrogens (tertiary/aromatic N) is 3. The average Bonchev–Trinajstić information content (AvgIpc) is 3.69. The Bertz CT molecular complexity index is 1620. The van der Waals surface area contributed by atoms with Crippen LogP contribution in [-0.2, 0) is 19.6 Å². The molecule has 2 amide bonds. The molecule has 1 atom stereocenters. The number of carbonyl (C=O) groups excluding carboxylic acids is 2. The number of para-hydroxylation sites is 2. The quantitative estimate of drug-likeness (QED) is 0.200. The smallest absolute Gasteiger partial charge is 0.253 e. The van der Waals surface area contributed by atoms with Gasteiger partial charge in [0.15, 0.2) is 5.58 Å². The molecule has 2 aromatic heterocycles. The Labute approximate surface area is 230 Å². The number of amides is 2. The highest BCUT2D eigenvalue weighted by molar-refractivity contribution is 7.91. The summed E-state index contributed by atoms with van der Waals surface area (Å²) in [6, 6.07) is 16.4. The fraction of sp³-hybridized carbons (Fsp3) is 0.276. The van der Waals surface area contributed by atoms with E-state index in [9.17, 15) is 18.0 Å². The van der Waals surface area contributed by atoms with E-state index in [1.807, 2.05) is 24.3 Å². The summed E-state index contributed by atoms with van der Waals surface area (Å²) in [5.41, 5.74) is 3.70. The topological polar surface area (TPSA) is 101 Å². The molecule has 0 bridgehead atoms. The zero-order valence-corrected chi connectivity index (χ0v) is 22.8. The van der Waals surface area contributed by atoms with Gasteiger partial charge < -0.3 is 4.42 Å². The summed E-state index contributed by atoms with van der Waals surface area (Å²) >= 11 is 1.11. The molecular formula is C29H27N3O5S2. The lowest BCUT2D eigenvalue weighted by Gasteiger charge is -2.27. The molecule has 200 valence electrons. The van der Waals surface area contributed by atoms with Crippen LogP contribution in [0, 0.1) is 0 Å². The minimum absolute atomic E-state index is 0.153. The first-order valence-corrected chi connectivity index (χ1v) is 15.3. The first kappa shape index (κ1) is 25.7. The van der Waals surface area contributed by atoms with Crippen molar-refractivity contribution >= 4 is 50.0 Å². The van der Waals surface area contributed by atoms with E-state index in [1.165, 1.54) is 15.9 Å². The molecule has 1 unspecified atom stereocenters. The molecule has 0 N–H and O–H groups in total. The van der Waals surface area contributed by atoms with Gasteiger partial charge in [0, 0.05) is 12.1 Å². The number of allylic oxidation sites excluding steroid dienone is 1. The van der Waals surface area contributed by atoms with E-state index >= 15 is 0 Å². The monoisotopic (exact) mass is 561 g/mol. The van der Waals surface area contributed by atoms with E-state index in [0.717, 1.165) is 47.4 Å². The molecule has 0 saturated carbocycles. The fourth-order valence-electron chi connectivity index (χ4n) is 5.22. The van der Waals surface area contributed by atoms with Crippen LogP contribution < -0.4 is 4.90 Å². The maximum Gasteiger partial charge on any atom is 0.253 e. The number of imide groups is 1. The molecule has 8 nitrogen and oxygen atoms in total. The maximum atomic E-state index is 13.7. The molecule has 3 heterocycles. The number of benzene rings is 2. The van der Waals surface area contributed by atoms with Crippen LogP contribution in [0.15, 0.2) is 86.3 Å². The Morgan fingerprint density at radius 2 is 1.85 bits per heavy atom. The third-order valence-electron chi connectivity index (χ3n) is 7.23. The first-order chi connectivity index (χ1) is 18.9. The third-order valence-corrected chi connectivity index (χ3v) is 10.5. The molecule has 2 aliphatic rings. The van der Waals surface area contributed by atoms with Gasteiger partial charge in [-0.2, -0.15) is 4.31 Å². The number of hydrogen-bond donors (Lipinski definition) is 0. The standard InChI is InChI=1S/C29H27N3O5S2/c33-26-19-24(31(17-16-20-7-2-1-3-8-20)39(35,36)27-11-6-18-38-27)29(34)32(26)22-14-12-21(13-15-22)28-30-23-9-4-5-10-25(23)37-28/h4-7,9-15,18,24H,1-3,8,16-17,19H2. The molecule has 1 aliphatic heterocycles. The summed E-state index contributed by atoms with van der Waals surface area (Å²) in [5.74, 6) is -0.528. The summed E-state index contributed by atoms with van der Waals surface area (Å²) < 4.78 is 34.5. The van der Waals surface area contributed by atoms with Crippen molar-refractivity contribution in [2.24, 2.45) is 0 Å². The molecule has 1 aliphatic carbocycles. The summed E-state index contributed by atoms with van der Waals surface area (Å²) in [6.45, 7) is 0.153. The number of sulfonamides is 1. The molecule has 39 heavy (non-hydrogen) atoms.